The van der Waals surface area contributed by atoms with E-state index in [2.05, 4.69) is 24.1 Å². The maximum Gasteiger partial charge on any atom is 0.0191 e. The van der Waals surface area contributed by atoms with E-state index in [0.29, 0.717) is 5.41 Å². The average Bonchev–Trinajstić information content (AvgIpc) is 2.83. The van der Waals surface area contributed by atoms with Gasteiger partial charge in [-0.2, -0.15) is 0 Å². The van der Waals surface area contributed by atoms with E-state index >= 15 is 0 Å². The van der Waals surface area contributed by atoms with Gasteiger partial charge in [0.2, 0.25) is 0 Å². The third-order valence-electron chi connectivity index (χ3n) is 4.78. The molecule has 0 bridgehead atoms. The summed E-state index contributed by atoms with van der Waals surface area (Å²) in [5.74, 6) is 0.827. The topological polar surface area (TPSA) is 15.3 Å². The quantitative estimate of drug-likeness (QED) is 0.745. The summed E-state index contributed by atoms with van der Waals surface area (Å²) in [5.41, 5.74) is 0.636. The van der Waals surface area contributed by atoms with Crippen LogP contribution in [0.2, 0.25) is 0 Å². The van der Waals surface area contributed by atoms with Crippen molar-refractivity contribution < 1.29 is 0 Å². The Morgan fingerprint density at radius 1 is 1.27 bits per heavy atom. The van der Waals surface area contributed by atoms with Crippen LogP contribution in [0.25, 0.3) is 0 Å². The molecule has 3 aliphatic rings. The molecule has 0 aromatic rings. The zero-order chi connectivity index (χ0) is 10.5. The molecule has 2 heteroatoms. The summed E-state index contributed by atoms with van der Waals surface area (Å²) in [6.45, 7) is 8.74. The summed E-state index contributed by atoms with van der Waals surface area (Å²) >= 11 is 0. The van der Waals surface area contributed by atoms with Crippen LogP contribution >= 0.6 is 0 Å². The normalized spacial score (nSPS) is 42.2. The first kappa shape index (κ1) is 10.1. The predicted octanol–water partition coefficient (Wildman–Crippen LogP) is 1.86. The van der Waals surface area contributed by atoms with Crippen LogP contribution in [0.4, 0.5) is 0 Å². The Bertz CT molecular complexity index is 239. The van der Waals surface area contributed by atoms with E-state index < -0.39 is 0 Å². The lowest BCUT2D eigenvalue weighted by molar-refractivity contribution is 0.115. The number of nitrogens with zero attached hydrogens (tertiary/aromatic N) is 1. The van der Waals surface area contributed by atoms with E-state index in [-0.39, 0.29) is 0 Å². The maximum atomic E-state index is 3.59. The van der Waals surface area contributed by atoms with Crippen molar-refractivity contribution in [2.45, 2.75) is 51.6 Å². The SMILES string of the molecule is CC(C)C1N(C2CC2)CCC12CCNC2. The molecule has 2 saturated heterocycles. The van der Waals surface area contributed by atoms with Crippen LogP contribution < -0.4 is 5.32 Å². The molecule has 0 aromatic heterocycles. The molecule has 86 valence electrons. The molecule has 3 fully saturated rings. The zero-order valence-electron chi connectivity index (χ0n) is 10.1. The van der Waals surface area contributed by atoms with Gasteiger partial charge < -0.3 is 5.32 Å². The van der Waals surface area contributed by atoms with Gasteiger partial charge in [-0.1, -0.05) is 13.8 Å². The van der Waals surface area contributed by atoms with Gasteiger partial charge in [-0.3, -0.25) is 4.90 Å². The van der Waals surface area contributed by atoms with Gasteiger partial charge in [0.15, 0.2) is 0 Å². The van der Waals surface area contributed by atoms with Crippen molar-refractivity contribution >= 4 is 0 Å². The highest BCUT2D eigenvalue weighted by atomic mass is 15.3. The Kier molecular flexibility index (Phi) is 2.33. The Morgan fingerprint density at radius 3 is 2.60 bits per heavy atom. The molecule has 3 rings (SSSR count). The van der Waals surface area contributed by atoms with Gasteiger partial charge in [-0.05, 0) is 44.7 Å². The molecule has 0 amide bonds. The first-order valence-electron chi connectivity index (χ1n) is 6.69. The first-order chi connectivity index (χ1) is 7.23. The van der Waals surface area contributed by atoms with Crippen LogP contribution in [0.5, 0.6) is 0 Å². The molecular weight excluding hydrogens is 184 g/mol. The van der Waals surface area contributed by atoms with Crippen molar-refractivity contribution in [2.75, 3.05) is 19.6 Å². The van der Waals surface area contributed by atoms with E-state index in [9.17, 15) is 0 Å². The second-order valence-electron chi connectivity index (χ2n) is 6.20. The fourth-order valence-electron chi connectivity index (χ4n) is 4.13. The highest BCUT2D eigenvalue weighted by Gasteiger charge is 2.52. The third-order valence-corrected chi connectivity index (χ3v) is 4.78. The molecule has 2 nitrogen and oxygen atoms in total. The highest BCUT2D eigenvalue weighted by Crippen LogP contribution is 2.48. The van der Waals surface area contributed by atoms with Gasteiger partial charge in [0.05, 0.1) is 0 Å². The minimum Gasteiger partial charge on any atom is -0.316 e. The van der Waals surface area contributed by atoms with Gasteiger partial charge >= 0.3 is 0 Å². The lowest BCUT2D eigenvalue weighted by Gasteiger charge is -2.38. The molecule has 2 heterocycles. The van der Waals surface area contributed by atoms with Crippen LogP contribution in [0.15, 0.2) is 0 Å². The largest absolute Gasteiger partial charge is 0.316 e. The minimum absolute atomic E-state index is 0.636. The van der Waals surface area contributed by atoms with Crippen LogP contribution in [0, 0.1) is 11.3 Å². The van der Waals surface area contributed by atoms with Crippen LogP contribution in [0.3, 0.4) is 0 Å². The van der Waals surface area contributed by atoms with Gasteiger partial charge in [-0.25, -0.2) is 0 Å². The molecule has 1 saturated carbocycles. The molecule has 0 radical (unpaired) electrons. The van der Waals surface area contributed by atoms with Crippen LogP contribution in [-0.4, -0.2) is 36.6 Å². The summed E-state index contributed by atoms with van der Waals surface area (Å²) in [4.78, 5) is 2.84. The summed E-state index contributed by atoms with van der Waals surface area (Å²) < 4.78 is 0. The zero-order valence-corrected chi connectivity index (χ0v) is 10.1. The minimum atomic E-state index is 0.636. The van der Waals surface area contributed by atoms with Crippen LogP contribution in [0.1, 0.15) is 39.5 Å². The van der Waals surface area contributed by atoms with Crippen molar-refractivity contribution in [1.29, 1.82) is 0 Å². The van der Waals surface area contributed by atoms with E-state index in [1.165, 1.54) is 45.3 Å². The molecule has 1 aliphatic carbocycles. The second kappa shape index (κ2) is 3.46. The Labute approximate surface area is 93.4 Å². The molecular formula is C13H24N2. The number of hydrogen-bond donors (Lipinski definition) is 1. The van der Waals surface area contributed by atoms with E-state index in [4.69, 9.17) is 0 Å². The van der Waals surface area contributed by atoms with Crippen molar-refractivity contribution in [2.24, 2.45) is 11.3 Å². The fourth-order valence-corrected chi connectivity index (χ4v) is 4.13. The fraction of sp³-hybridized carbons (Fsp3) is 1.00. The number of nitrogens with one attached hydrogen (secondary N) is 1. The monoisotopic (exact) mass is 208 g/mol. The standard InChI is InChI=1S/C13H24N2/c1-10(2)12-13(5-7-14-9-13)6-8-15(12)11-3-4-11/h10-12,14H,3-9H2,1-2H3. The molecule has 15 heavy (non-hydrogen) atoms. The van der Waals surface area contributed by atoms with E-state index in [1.807, 2.05) is 0 Å². The van der Waals surface area contributed by atoms with Crippen molar-refractivity contribution in [3.8, 4) is 0 Å². The van der Waals surface area contributed by atoms with E-state index in [0.717, 1.165) is 18.0 Å². The number of hydrogen-bond acceptors (Lipinski definition) is 2. The summed E-state index contributed by atoms with van der Waals surface area (Å²) in [5, 5.41) is 3.59. The number of likely N-dealkylation sites (tertiary alicyclic amines) is 1. The third kappa shape index (κ3) is 1.53. The molecule has 1 N–H and O–H groups in total. The Morgan fingerprint density at radius 2 is 2.07 bits per heavy atom. The van der Waals surface area contributed by atoms with Gasteiger partial charge in [-0.15, -0.1) is 0 Å². The first-order valence-corrected chi connectivity index (χ1v) is 6.69. The average molecular weight is 208 g/mol. The second-order valence-corrected chi connectivity index (χ2v) is 6.20. The van der Waals surface area contributed by atoms with Gasteiger partial charge in [0.1, 0.15) is 0 Å². The molecule has 2 aliphatic heterocycles. The lowest BCUT2D eigenvalue weighted by Crippen LogP contribution is -2.45. The van der Waals surface area contributed by atoms with Gasteiger partial charge in [0, 0.05) is 24.0 Å². The van der Waals surface area contributed by atoms with E-state index in [1.54, 1.807) is 0 Å². The number of rotatable bonds is 2. The Hall–Kier alpha value is -0.0800. The van der Waals surface area contributed by atoms with Crippen molar-refractivity contribution in [3.63, 3.8) is 0 Å². The Balaban J connectivity index is 1.83. The van der Waals surface area contributed by atoms with Crippen molar-refractivity contribution in [3.05, 3.63) is 0 Å². The predicted molar refractivity (Wildman–Crippen MR) is 62.9 cm³/mol. The maximum absolute atomic E-state index is 3.59. The molecule has 2 unspecified atom stereocenters. The molecule has 1 spiro atoms. The van der Waals surface area contributed by atoms with Crippen LogP contribution in [-0.2, 0) is 0 Å². The lowest BCUT2D eigenvalue weighted by atomic mass is 9.75. The molecule has 0 aromatic carbocycles. The highest BCUT2D eigenvalue weighted by molar-refractivity contribution is 5.07. The summed E-state index contributed by atoms with van der Waals surface area (Å²) in [7, 11) is 0. The molecule has 2 atom stereocenters. The van der Waals surface area contributed by atoms with Crippen molar-refractivity contribution in [1.82, 2.24) is 10.2 Å². The van der Waals surface area contributed by atoms with Gasteiger partial charge in [0.25, 0.3) is 0 Å². The summed E-state index contributed by atoms with van der Waals surface area (Å²) in [6, 6.07) is 1.82. The summed E-state index contributed by atoms with van der Waals surface area (Å²) in [6.07, 6.45) is 5.79. The smallest absolute Gasteiger partial charge is 0.0191 e.